The zero-order valence-electron chi connectivity index (χ0n) is 15.2. The first-order chi connectivity index (χ1) is 13.2. The molecule has 27 heavy (non-hydrogen) atoms. The Morgan fingerprint density at radius 1 is 1.41 bits per heavy atom. The van der Waals surface area contributed by atoms with Gasteiger partial charge in [-0.3, -0.25) is 14.6 Å². The molecule has 2 aromatic heterocycles. The number of hydrogen-bond donors (Lipinski definition) is 1. The predicted octanol–water partition coefficient (Wildman–Crippen LogP) is 1.05. The predicted molar refractivity (Wildman–Crippen MR) is 96.3 cm³/mol. The fourth-order valence-electron chi connectivity index (χ4n) is 3.47. The lowest BCUT2D eigenvalue weighted by Gasteiger charge is -2.40. The standard InChI is InChI=1S/C19H23N5O3/c1-2-23-10-14(22-12-23)9-21-19(26)18-17(13-4-3-7-20-8-13)24(15-5-6-15)16(25)11-27-18/h3-4,7-8,10,12,15,17-18H,2,5-6,9,11H2,1H3,(H,21,26)/t17-,18+/m1/s1. The first-order valence-corrected chi connectivity index (χ1v) is 9.28. The van der Waals surface area contributed by atoms with Gasteiger partial charge >= 0.3 is 0 Å². The van der Waals surface area contributed by atoms with Crippen molar-refractivity contribution in [2.75, 3.05) is 6.61 Å². The molecule has 1 N–H and O–H groups in total. The largest absolute Gasteiger partial charge is 0.356 e. The van der Waals surface area contributed by atoms with E-state index in [1.54, 1.807) is 18.7 Å². The molecule has 0 aromatic carbocycles. The second-order valence-electron chi connectivity index (χ2n) is 6.91. The Morgan fingerprint density at radius 3 is 2.93 bits per heavy atom. The smallest absolute Gasteiger partial charge is 0.252 e. The van der Waals surface area contributed by atoms with Crippen LogP contribution < -0.4 is 5.32 Å². The molecule has 142 valence electrons. The van der Waals surface area contributed by atoms with Gasteiger partial charge in [0.25, 0.3) is 5.91 Å². The van der Waals surface area contributed by atoms with Crippen LogP contribution in [0.15, 0.2) is 37.1 Å². The first kappa shape index (κ1) is 17.7. The Morgan fingerprint density at radius 2 is 2.26 bits per heavy atom. The van der Waals surface area contributed by atoms with Crippen molar-refractivity contribution in [1.29, 1.82) is 0 Å². The highest BCUT2D eigenvalue weighted by Crippen LogP contribution is 2.39. The van der Waals surface area contributed by atoms with E-state index in [2.05, 4.69) is 15.3 Å². The molecule has 0 unspecified atom stereocenters. The summed E-state index contributed by atoms with van der Waals surface area (Å²) in [5.41, 5.74) is 1.60. The van der Waals surface area contributed by atoms with Gasteiger partial charge < -0.3 is 19.5 Å². The Kier molecular flexibility index (Phi) is 4.89. The van der Waals surface area contributed by atoms with Crippen LogP contribution in [-0.4, -0.2) is 50.0 Å². The summed E-state index contributed by atoms with van der Waals surface area (Å²) in [7, 11) is 0. The molecule has 1 aliphatic carbocycles. The number of ether oxygens (including phenoxy) is 1. The molecule has 0 spiro atoms. The van der Waals surface area contributed by atoms with Gasteiger partial charge in [-0.2, -0.15) is 0 Å². The molecule has 4 rings (SSSR count). The third kappa shape index (κ3) is 3.71. The van der Waals surface area contributed by atoms with Crippen LogP contribution >= 0.6 is 0 Å². The molecule has 2 aromatic rings. The summed E-state index contributed by atoms with van der Waals surface area (Å²) in [5.74, 6) is -0.315. The number of amides is 2. The van der Waals surface area contributed by atoms with Gasteiger partial charge in [-0.05, 0) is 31.4 Å². The van der Waals surface area contributed by atoms with Crippen LogP contribution in [0, 0.1) is 0 Å². The number of morpholine rings is 1. The lowest BCUT2D eigenvalue weighted by molar-refractivity contribution is -0.165. The minimum atomic E-state index is -0.763. The zero-order valence-corrected chi connectivity index (χ0v) is 15.2. The van der Waals surface area contributed by atoms with Crippen LogP contribution in [0.1, 0.15) is 37.1 Å². The fourth-order valence-corrected chi connectivity index (χ4v) is 3.47. The normalized spacial score (nSPS) is 22.7. The van der Waals surface area contributed by atoms with Gasteiger partial charge in [0.05, 0.1) is 24.6 Å². The summed E-state index contributed by atoms with van der Waals surface area (Å²) < 4.78 is 7.63. The molecule has 0 radical (unpaired) electrons. The summed E-state index contributed by atoms with van der Waals surface area (Å²) in [4.78, 5) is 35.6. The molecule has 2 fully saturated rings. The molecule has 2 atom stereocenters. The summed E-state index contributed by atoms with van der Waals surface area (Å²) in [6.45, 7) is 3.11. The average molecular weight is 369 g/mol. The van der Waals surface area contributed by atoms with Gasteiger partial charge in [0.2, 0.25) is 5.91 Å². The van der Waals surface area contributed by atoms with Crippen LogP contribution in [0.5, 0.6) is 0 Å². The number of carbonyl (C=O) groups excluding carboxylic acids is 2. The van der Waals surface area contributed by atoms with E-state index in [1.807, 2.05) is 34.7 Å². The number of aryl methyl sites for hydroxylation is 1. The highest BCUT2D eigenvalue weighted by atomic mass is 16.5. The molecule has 2 aliphatic rings. The van der Waals surface area contributed by atoms with Crippen molar-refractivity contribution in [1.82, 2.24) is 24.8 Å². The van der Waals surface area contributed by atoms with E-state index >= 15 is 0 Å². The maximum Gasteiger partial charge on any atom is 0.252 e. The molecule has 2 amide bonds. The van der Waals surface area contributed by atoms with Crippen LogP contribution in [0.25, 0.3) is 0 Å². The van der Waals surface area contributed by atoms with Gasteiger partial charge in [-0.25, -0.2) is 4.98 Å². The summed E-state index contributed by atoms with van der Waals surface area (Å²) in [6.07, 6.45) is 8.18. The summed E-state index contributed by atoms with van der Waals surface area (Å²) in [5, 5.41) is 2.90. The van der Waals surface area contributed by atoms with Gasteiger partial charge in [0.15, 0.2) is 6.10 Å². The van der Waals surface area contributed by atoms with Gasteiger partial charge in [0, 0.05) is 31.2 Å². The lowest BCUT2D eigenvalue weighted by atomic mass is 9.98. The van der Waals surface area contributed by atoms with Crippen molar-refractivity contribution < 1.29 is 14.3 Å². The van der Waals surface area contributed by atoms with E-state index in [0.29, 0.717) is 6.54 Å². The molecule has 1 aliphatic heterocycles. The number of pyridine rings is 1. The molecule has 3 heterocycles. The number of carbonyl (C=O) groups is 2. The van der Waals surface area contributed by atoms with E-state index in [9.17, 15) is 9.59 Å². The number of hydrogen-bond acceptors (Lipinski definition) is 5. The van der Waals surface area contributed by atoms with Gasteiger partial charge in [-0.15, -0.1) is 0 Å². The van der Waals surface area contributed by atoms with Crippen molar-refractivity contribution in [2.45, 2.75) is 51.0 Å². The third-order valence-electron chi connectivity index (χ3n) is 4.98. The Hall–Kier alpha value is -2.74. The second-order valence-corrected chi connectivity index (χ2v) is 6.91. The zero-order chi connectivity index (χ0) is 18.8. The van der Waals surface area contributed by atoms with E-state index in [4.69, 9.17) is 4.74 Å². The molecular weight excluding hydrogens is 346 g/mol. The highest BCUT2D eigenvalue weighted by molar-refractivity contribution is 5.86. The number of nitrogens with one attached hydrogen (secondary N) is 1. The highest BCUT2D eigenvalue weighted by Gasteiger charge is 2.47. The number of imidazole rings is 1. The SMILES string of the molecule is CCn1cnc(CNC(=O)[C@H]2OCC(=O)N(C3CC3)[C@@H]2c2cccnc2)c1. The van der Waals surface area contributed by atoms with Crippen LogP contribution in [0.3, 0.4) is 0 Å². The summed E-state index contributed by atoms with van der Waals surface area (Å²) in [6, 6.07) is 3.42. The molecule has 1 saturated carbocycles. The maximum absolute atomic E-state index is 12.9. The summed E-state index contributed by atoms with van der Waals surface area (Å²) >= 11 is 0. The molecule has 1 saturated heterocycles. The van der Waals surface area contributed by atoms with Gasteiger partial charge in [0.1, 0.15) is 6.61 Å². The Balaban J connectivity index is 1.53. The fraction of sp³-hybridized carbons (Fsp3) is 0.474. The molecule has 8 nitrogen and oxygen atoms in total. The van der Waals surface area contributed by atoms with Gasteiger partial charge in [-0.1, -0.05) is 6.07 Å². The molecule has 8 heteroatoms. The monoisotopic (exact) mass is 369 g/mol. The molecular formula is C19H23N5O3. The van der Waals surface area contributed by atoms with Crippen molar-refractivity contribution in [3.05, 3.63) is 48.3 Å². The lowest BCUT2D eigenvalue weighted by Crippen LogP contribution is -2.55. The van der Waals surface area contributed by atoms with Crippen molar-refractivity contribution in [3.63, 3.8) is 0 Å². The second kappa shape index (κ2) is 7.48. The topological polar surface area (TPSA) is 89.3 Å². The number of rotatable bonds is 6. The van der Waals surface area contributed by atoms with E-state index in [0.717, 1.165) is 30.6 Å². The quantitative estimate of drug-likeness (QED) is 0.822. The minimum absolute atomic E-state index is 0.0721. The van der Waals surface area contributed by atoms with Crippen molar-refractivity contribution >= 4 is 11.8 Å². The van der Waals surface area contributed by atoms with Crippen LogP contribution in [0.2, 0.25) is 0 Å². The van der Waals surface area contributed by atoms with Crippen molar-refractivity contribution in [2.24, 2.45) is 0 Å². The average Bonchev–Trinajstić information content (AvgIpc) is 3.43. The van der Waals surface area contributed by atoms with Crippen LogP contribution in [0.4, 0.5) is 0 Å². The number of aromatic nitrogens is 3. The Bertz CT molecular complexity index is 818. The Labute approximate surface area is 157 Å². The van der Waals surface area contributed by atoms with Crippen LogP contribution in [-0.2, 0) is 27.4 Å². The van der Waals surface area contributed by atoms with E-state index in [-0.39, 0.29) is 24.5 Å². The first-order valence-electron chi connectivity index (χ1n) is 9.28. The molecule has 0 bridgehead atoms. The number of nitrogens with zero attached hydrogens (tertiary/aromatic N) is 4. The van der Waals surface area contributed by atoms with Crippen molar-refractivity contribution in [3.8, 4) is 0 Å². The third-order valence-corrected chi connectivity index (χ3v) is 4.98. The van der Waals surface area contributed by atoms with E-state index < -0.39 is 12.1 Å². The van der Waals surface area contributed by atoms with E-state index in [1.165, 1.54) is 0 Å². The maximum atomic E-state index is 12.9. The minimum Gasteiger partial charge on any atom is -0.356 e.